The summed E-state index contributed by atoms with van der Waals surface area (Å²) >= 11 is 6.02. The maximum atomic E-state index is 12.5. The van der Waals surface area contributed by atoms with Crippen LogP contribution in [-0.4, -0.2) is 48.1 Å². The van der Waals surface area contributed by atoms with Gasteiger partial charge in [0, 0.05) is 43.9 Å². The van der Waals surface area contributed by atoms with Crippen molar-refractivity contribution in [3.05, 3.63) is 83.0 Å². The van der Waals surface area contributed by atoms with Gasteiger partial charge in [-0.05, 0) is 61.9 Å². The minimum absolute atomic E-state index is 0.162. The van der Waals surface area contributed by atoms with Crippen molar-refractivity contribution in [2.24, 2.45) is 0 Å². The van der Waals surface area contributed by atoms with Gasteiger partial charge < -0.3 is 14.4 Å². The van der Waals surface area contributed by atoms with Crippen LogP contribution >= 0.6 is 11.6 Å². The Morgan fingerprint density at radius 3 is 2.45 bits per heavy atom. The Kier molecular flexibility index (Phi) is 7.47. The van der Waals surface area contributed by atoms with E-state index in [4.69, 9.17) is 21.1 Å². The highest BCUT2D eigenvalue weighted by Gasteiger charge is 2.23. The van der Waals surface area contributed by atoms with Gasteiger partial charge in [0.05, 0.1) is 6.10 Å². The first-order valence-corrected chi connectivity index (χ1v) is 11.5. The van der Waals surface area contributed by atoms with Crippen LogP contribution in [0.3, 0.4) is 0 Å². The summed E-state index contributed by atoms with van der Waals surface area (Å²) in [5, 5.41) is 0.651. The molecule has 0 saturated carbocycles. The lowest BCUT2D eigenvalue weighted by Gasteiger charge is -2.36. The van der Waals surface area contributed by atoms with Crippen LogP contribution in [0, 0.1) is 0 Å². The number of hydrogen-bond acceptors (Lipinski definition) is 6. The Hall–Kier alpha value is -3.09. The molecule has 1 aromatic heterocycles. The zero-order chi connectivity index (χ0) is 23.2. The molecule has 0 spiro atoms. The number of hydrogen-bond donors (Lipinski definition) is 0. The van der Waals surface area contributed by atoms with E-state index >= 15 is 0 Å². The molecule has 2 aromatic carbocycles. The number of carbonyl (C=O) groups is 1. The fourth-order valence-electron chi connectivity index (χ4n) is 3.79. The van der Waals surface area contributed by atoms with Crippen LogP contribution in [0.1, 0.15) is 29.8 Å². The van der Waals surface area contributed by atoms with Gasteiger partial charge in [-0.1, -0.05) is 29.8 Å². The average molecular weight is 466 g/mol. The minimum atomic E-state index is -0.324. The van der Waals surface area contributed by atoms with Crippen LogP contribution in [0.4, 0.5) is 5.82 Å². The molecule has 0 aliphatic carbocycles. The topological polar surface area (TPSA) is 54.9 Å². The third kappa shape index (κ3) is 6.24. The summed E-state index contributed by atoms with van der Waals surface area (Å²) in [5.41, 5.74) is 1.75. The Bertz CT molecular complexity index is 1080. The highest BCUT2D eigenvalue weighted by molar-refractivity contribution is 6.30. The van der Waals surface area contributed by atoms with Crippen LogP contribution in [-0.2, 0) is 11.3 Å². The zero-order valence-corrected chi connectivity index (χ0v) is 19.7. The molecule has 0 amide bonds. The van der Waals surface area contributed by atoms with Crippen molar-refractivity contribution in [1.82, 2.24) is 9.88 Å². The van der Waals surface area contributed by atoms with Crippen molar-refractivity contribution < 1.29 is 14.3 Å². The molecule has 2 heterocycles. The molecular formula is C26H28ClN3O3. The number of nitrogens with zero attached hydrogens (tertiary/aromatic N) is 3. The number of piperazine rings is 1. The molecule has 172 valence electrons. The number of pyridine rings is 1. The van der Waals surface area contributed by atoms with E-state index in [0.29, 0.717) is 16.4 Å². The smallest absolute Gasteiger partial charge is 0.342 e. The fourth-order valence-corrected chi connectivity index (χ4v) is 3.97. The van der Waals surface area contributed by atoms with E-state index in [0.717, 1.165) is 44.2 Å². The van der Waals surface area contributed by atoms with Gasteiger partial charge >= 0.3 is 5.97 Å². The third-order valence-corrected chi connectivity index (χ3v) is 5.62. The maximum absolute atomic E-state index is 12.5. The Morgan fingerprint density at radius 2 is 1.76 bits per heavy atom. The highest BCUT2D eigenvalue weighted by Crippen LogP contribution is 2.25. The van der Waals surface area contributed by atoms with Gasteiger partial charge in [0.1, 0.15) is 22.9 Å². The third-order valence-electron chi connectivity index (χ3n) is 5.38. The average Bonchev–Trinajstić information content (AvgIpc) is 2.80. The SMILES string of the molecule is CC(C)OC(=O)c1cccnc1N1CCN(Cc2ccc(Oc3cccc(Cl)c3)cc2)CC1. The van der Waals surface area contributed by atoms with Crippen molar-refractivity contribution in [3.8, 4) is 11.5 Å². The largest absolute Gasteiger partial charge is 0.459 e. The number of halogens is 1. The van der Waals surface area contributed by atoms with E-state index < -0.39 is 0 Å². The second-order valence-electron chi connectivity index (χ2n) is 8.30. The fraction of sp³-hybridized carbons (Fsp3) is 0.308. The second kappa shape index (κ2) is 10.7. The van der Waals surface area contributed by atoms with Crippen molar-refractivity contribution in [1.29, 1.82) is 0 Å². The Balaban J connectivity index is 1.32. The summed E-state index contributed by atoms with van der Waals surface area (Å²) in [6.07, 6.45) is 1.56. The Labute approximate surface area is 199 Å². The van der Waals surface area contributed by atoms with Crippen molar-refractivity contribution in [2.45, 2.75) is 26.5 Å². The lowest BCUT2D eigenvalue weighted by Crippen LogP contribution is -2.46. The molecule has 0 bridgehead atoms. The zero-order valence-electron chi connectivity index (χ0n) is 18.9. The molecule has 4 rings (SSSR count). The molecule has 0 radical (unpaired) electrons. The van der Waals surface area contributed by atoms with Gasteiger partial charge in [-0.3, -0.25) is 4.90 Å². The van der Waals surface area contributed by atoms with Gasteiger partial charge in [0.25, 0.3) is 0 Å². The molecule has 0 unspecified atom stereocenters. The number of esters is 1. The predicted molar refractivity (Wildman–Crippen MR) is 130 cm³/mol. The van der Waals surface area contributed by atoms with E-state index in [9.17, 15) is 4.79 Å². The summed E-state index contributed by atoms with van der Waals surface area (Å²) < 4.78 is 11.3. The quantitative estimate of drug-likeness (QED) is 0.434. The van der Waals surface area contributed by atoms with Crippen molar-refractivity contribution in [3.63, 3.8) is 0 Å². The highest BCUT2D eigenvalue weighted by atomic mass is 35.5. The molecule has 1 aliphatic heterocycles. The number of anilines is 1. The lowest BCUT2D eigenvalue weighted by atomic mass is 10.1. The normalized spacial score (nSPS) is 14.4. The van der Waals surface area contributed by atoms with Gasteiger partial charge in [-0.2, -0.15) is 0 Å². The molecule has 7 heteroatoms. The molecule has 3 aromatic rings. The molecule has 0 atom stereocenters. The first-order valence-electron chi connectivity index (χ1n) is 11.1. The monoisotopic (exact) mass is 465 g/mol. The first kappa shape index (κ1) is 23.1. The van der Waals surface area contributed by atoms with Gasteiger partial charge in [0.15, 0.2) is 0 Å². The van der Waals surface area contributed by atoms with E-state index in [-0.39, 0.29) is 12.1 Å². The molecule has 33 heavy (non-hydrogen) atoms. The summed E-state index contributed by atoms with van der Waals surface area (Å²) in [4.78, 5) is 21.5. The van der Waals surface area contributed by atoms with Gasteiger partial charge in [0.2, 0.25) is 0 Å². The summed E-state index contributed by atoms with van der Waals surface area (Å²) in [5.74, 6) is 1.88. The van der Waals surface area contributed by atoms with Crippen LogP contribution in [0.5, 0.6) is 11.5 Å². The molecule has 1 aliphatic rings. The standard InChI is InChI=1S/C26H28ClN3O3/c1-19(2)32-26(31)24-7-4-12-28-25(24)30-15-13-29(14-16-30)18-20-8-10-22(11-9-20)33-23-6-3-5-21(27)17-23/h3-12,17,19H,13-16,18H2,1-2H3. The van der Waals surface area contributed by atoms with Crippen molar-refractivity contribution >= 4 is 23.4 Å². The molecule has 6 nitrogen and oxygen atoms in total. The predicted octanol–water partition coefficient (Wildman–Crippen LogP) is 5.41. The van der Waals surface area contributed by atoms with Crippen LogP contribution in [0.25, 0.3) is 0 Å². The Morgan fingerprint density at radius 1 is 1.00 bits per heavy atom. The van der Waals surface area contributed by atoms with Crippen LogP contribution in [0.15, 0.2) is 66.9 Å². The van der Waals surface area contributed by atoms with E-state index in [1.807, 2.05) is 44.2 Å². The van der Waals surface area contributed by atoms with Gasteiger partial charge in [-0.15, -0.1) is 0 Å². The first-order chi connectivity index (χ1) is 16.0. The number of ether oxygens (including phenoxy) is 2. The number of carbonyl (C=O) groups excluding carboxylic acids is 1. The number of aromatic nitrogens is 1. The summed E-state index contributed by atoms with van der Waals surface area (Å²) in [6.45, 7) is 7.93. The van der Waals surface area contributed by atoms with Crippen molar-refractivity contribution in [2.75, 3.05) is 31.1 Å². The lowest BCUT2D eigenvalue weighted by molar-refractivity contribution is 0.0378. The maximum Gasteiger partial charge on any atom is 0.342 e. The van der Waals surface area contributed by atoms with E-state index in [1.54, 1.807) is 24.4 Å². The molecular weight excluding hydrogens is 438 g/mol. The number of rotatable bonds is 7. The summed E-state index contributed by atoms with van der Waals surface area (Å²) in [6, 6.07) is 19.1. The molecule has 1 fully saturated rings. The van der Waals surface area contributed by atoms with E-state index in [2.05, 4.69) is 26.9 Å². The van der Waals surface area contributed by atoms with Crippen LogP contribution < -0.4 is 9.64 Å². The van der Waals surface area contributed by atoms with Crippen LogP contribution in [0.2, 0.25) is 5.02 Å². The molecule has 0 N–H and O–H groups in total. The minimum Gasteiger partial charge on any atom is -0.459 e. The summed E-state index contributed by atoms with van der Waals surface area (Å²) in [7, 11) is 0. The van der Waals surface area contributed by atoms with Gasteiger partial charge in [-0.25, -0.2) is 9.78 Å². The van der Waals surface area contributed by atoms with E-state index in [1.165, 1.54) is 5.56 Å². The second-order valence-corrected chi connectivity index (χ2v) is 8.73. The number of benzene rings is 2. The molecule has 1 saturated heterocycles.